The first-order chi connectivity index (χ1) is 9.11. The van der Waals surface area contributed by atoms with Crippen LogP contribution in [0.25, 0.3) is 0 Å². The van der Waals surface area contributed by atoms with Gasteiger partial charge in [0.05, 0.1) is 17.2 Å². The van der Waals surface area contributed by atoms with Gasteiger partial charge in [0.15, 0.2) is 0 Å². The third-order valence-corrected chi connectivity index (χ3v) is 3.06. The number of rotatable bonds is 5. The van der Waals surface area contributed by atoms with E-state index >= 15 is 0 Å². The lowest BCUT2D eigenvalue weighted by atomic mass is 10.1. The second-order valence-electron chi connectivity index (χ2n) is 4.38. The number of hydrogen-bond donors (Lipinski definition) is 1. The zero-order valence-corrected chi connectivity index (χ0v) is 10.9. The van der Waals surface area contributed by atoms with E-state index in [0.717, 1.165) is 23.4 Å². The van der Waals surface area contributed by atoms with Gasteiger partial charge in [-0.1, -0.05) is 13.0 Å². The maximum Gasteiger partial charge on any atom is 0.271 e. The normalized spacial score (nSPS) is 12.1. The Morgan fingerprint density at radius 3 is 2.79 bits per heavy atom. The minimum Gasteiger partial charge on any atom is -0.467 e. The number of anilines is 1. The van der Waals surface area contributed by atoms with Crippen molar-refractivity contribution in [2.45, 2.75) is 26.3 Å². The molecule has 1 heterocycles. The molecule has 1 atom stereocenters. The Bertz CT molecular complexity index is 564. The smallest absolute Gasteiger partial charge is 0.271 e. The van der Waals surface area contributed by atoms with Gasteiger partial charge in [0.25, 0.3) is 5.69 Å². The second kappa shape index (κ2) is 5.56. The fourth-order valence-corrected chi connectivity index (χ4v) is 1.93. The predicted octanol–water partition coefficient (Wildman–Crippen LogP) is 4.06. The third-order valence-electron chi connectivity index (χ3n) is 3.06. The highest BCUT2D eigenvalue weighted by atomic mass is 16.6. The Kier molecular flexibility index (Phi) is 3.85. The highest BCUT2D eigenvalue weighted by Crippen LogP contribution is 2.27. The van der Waals surface area contributed by atoms with E-state index in [-0.39, 0.29) is 11.7 Å². The van der Waals surface area contributed by atoms with Crippen LogP contribution in [0.4, 0.5) is 11.4 Å². The van der Waals surface area contributed by atoms with Gasteiger partial charge in [-0.2, -0.15) is 0 Å². The van der Waals surface area contributed by atoms with Crippen LogP contribution in [0.15, 0.2) is 41.0 Å². The molecular weight excluding hydrogens is 244 g/mol. The van der Waals surface area contributed by atoms with Crippen LogP contribution < -0.4 is 5.32 Å². The van der Waals surface area contributed by atoms with E-state index in [2.05, 4.69) is 5.32 Å². The fourth-order valence-electron chi connectivity index (χ4n) is 1.93. The van der Waals surface area contributed by atoms with E-state index in [9.17, 15) is 10.1 Å². The molecule has 0 bridgehead atoms. The van der Waals surface area contributed by atoms with E-state index in [0.29, 0.717) is 0 Å². The van der Waals surface area contributed by atoms with Crippen molar-refractivity contribution in [1.29, 1.82) is 0 Å². The SMILES string of the molecule is CCC(Nc1cc([N+](=O)[O-])ccc1C)c1ccco1. The molecule has 1 N–H and O–H groups in total. The van der Waals surface area contributed by atoms with Crippen LogP contribution in [-0.4, -0.2) is 4.92 Å². The molecule has 0 saturated heterocycles. The van der Waals surface area contributed by atoms with Crippen molar-refractivity contribution in [2.75, 3.05) is 5.32 Å². The molecule has 0 aliphatic heterocycles. The minimum atomic E-state index is -0.390. The van der Waals surface area contributed by atoms with Crippen LogP contribution >= 0.6 is 0 Å². The zero-order valence-electron chi connectivity index (χ0n) is 10.9. The van der Waals surface area contributed by atoms with Crippen molar-refractivity contribution >= 4 is 11.4 Å². The van der Waals surface area contributed by atoms with Crippen LogP contribution in [0.1, 0.15) is 30.7 Å². The second-order valence-corrected chi connectivity index (χ2v) is 4.38. The molecule has 19 heavy (non-hydrogen) atoms. The van der Waals surface area contributed by atoms with Gasteiger partial charge in [-0.15, -0.1) is 0 Å². The summed E-state index contributed by atoms with van der Waals surface area (Å²) in [6.45, 7) is 3.95. The highest BCUT2D eigenvalue weighted by Gasteiger charge is 2.15. The summed E-state index contributed by atoms with van der Waals surface area (Å²) in [5, 5.41) is 14.1. The topological polar surface area (TPSA) is 68.3 Å². The average Bonchev–Trinajstić information content (AvgIpc) is 2.91. The third kappa shape index (κ3) is 2.93. The Morgan fingerprint density at radius 1 is 1.42 bits per heavy atom. The van der Waals surface area contributed by atoms with Gasteiger partial charge in [0, 0.05) is 17.8 Å². The molecule has 1 aromatic heterocycles. The molecule has 100 valence electrons. The first-order valence-electron chi connectivity index (χ1n) is 6.16. The van der Waals surface area contributed by atoms with Gasteiger partial charge in [-0.3, -0.25) is 10.1 Å². The molecule has 5 heteroatoms. The summed E-state index contributed by atoms with van der Waals surface area (Å²) in [5.41, 5.74) is 1.82. The monoisotopic (exact) mass is 260 g/mol. The number of nitro groups is 1. The lowest BCUT2D eigenvalue weighted by Gasteiger charge is -2.17. The maximum absolute atomic E-state index is 10.8. The Hall–Kier alpha value is -2.30. The molecule has 1 aromatic carbocycles. The first-order valence-corrected chi connectivity index (χ1v) is 6.16. The molecule has 0 aliphatic rings. The largest absolute Gasteiger partial charge is 0.467 e. The number of benzene rings is 1. The summed E-state index contributed by atoms with van der Waals surface area (Å²) in [5.74, 6) is 0.827. The number of aryl methyl sites for hydroxylation is 1. The van der Waals surface area contributed by atoms with Crippen molar-refractivity contribution < 1.29 is 9.34 Å². The summed E-state index contributed by atoms with van der Waals surface area (Å²) in [7, 11) is 0. The quantitative estimate of drug-likeness (QED) is 0.650. The Morgan fingerprint density at radius 2 is 2.21 bits per heavy atom. The minimum absolute atomic E-state index is 0.00991. The number of nitrogens with zero attached hydrogens (tertiary/aromatic N) is 1. The lowest BCUT2D eigenvalue weighted by molar-refractivity contribution is -0.384. The molecule has 0 fully saturated rings. The highest BCUT2D eigenvalue weighted by molar-refractivity contribution is 5.57. The lowest BCUT2D eigenvalue weighted by Crippen LogP contribution is -2.10. The fraction of sp³-hybridized carbons (Fsp3) is 0.286. The molecule has 0 aliphatic carbocycles. The summed E-state index contributed by atoms with van der Waals surface area (Å²) in [6, 6.07) is 8.55. The van der Waals surface area contributed by atoms with Gasteiger partial charge < -0.3 is 9.73 Å². The van der Waals surface area contributed by atoms with Gasteiger partial charge in [0.1, 0.15) is 5.76 Å². The number of non-ortho nitro benzene ring substituents is 1. The predicted molar refractivity (Wildman–Crippen MR) is 73.2 cm³/mol. The maximum atomic E-state index is 10.8. The standard InChI is InChI=1S/C14H16N2O3/c1-3-12(14-5-4-8-19-14)15-13-9-11(16(17)18)7-6-10(13)2/h4-9,12,15H,3H2,1-2H3. The summed E-state index contributed by atoms with van der Waals surface area (Å²) in [6.07, 6.45) is 2.45. The van der Waals surface area contributed by atoms with E-state index in [1.807, 2.05) is 26.0 Å². The number of nitrogens with one attached hydrogen (secondary N) is 1. The molecule has 0 spiro atoms. The average molecular weight is 260 g/mol. The molecule has 2 rings (SSSR count). The Balaban J connectivity index is 2.26. The van der Waals surface area contributed by atoms with Gasteiger partial charge in [-0.25, -0.2) is 0 Å². The van der Waals surface area contributed by atoms with Crippen LogP contribution in [-0.2, 0) is 0 Å². The van der Waals surface area contributed by atoms with Crippen molar-refractivity contribution in [3.05, 3.63) is 58.0 Å². The van der Waals surface area contributed by atoms with Crippen LogP contribution in [0.2, 0.25) is 0 Å². The molecule has 1 unspecified atom stereocenters. The van der Waals surface area contributed by atoms with E-state index < -0.39 is 4.92 Å². The molecule has 5 nitrogen and oxygen atoms in total. The van der Waals surface area contributed by atoms with Crippen LogP contribution in [0.5, 0.6) is 0 Å². The van der Waals surface area contributed by atoms with Gasteiger partial charge in [0.2, 0.25) is 0 Å². The Labute approximate surface area is 111 Å². The van der Waals surface area contributed by atoms with E-state index in [1.165, 1.54) is 6.07 Å². The van der Waals surface area contributed by atoms with Crippen molar-refractivity contribution in [3.63, 3.8) is 0 Å². The first kappa shape index (κ1) is 13.1. The van der Waals surface area contributed by atoms with Gasteiger partial charge in [-0.05, 0) is 31.0 Å². The summed E-state index contributed by atoms with van der Waals surface area (Å²) < 4.78 is 5.38. The van der Waals surface area contributed by atoms with Crippen LogP contribution in [0, 0.1) is 17.0 Å². The zero-order chi connectivity index (χ0) is 13.8. The van der Waals surface area contributed by atoms with E-state index in [4.69, 9.17) is 4.42 Å². The number of nitro benzene ring substituents is 1. The molecule has 0 amide bonds. The van der Waals surface area contributed by atoms with E-state index in [1.54, 1.807) is 18.4 Å². The van der Waals surface area contributed by atoms with Crippen molar-refractivity contribution in [2.24, 2.45) is 0 Å². The van der Waals surface area contributed by atoms with Crippen molar-refractivity contribution in [3.8, 4) is 0 Å². The molecule has 0 radical (unpaired) electrons. The van der Waals surface area contributed by atoms with Crippen molar-refractivity contribution in [1.82, 2.24) is 0 Å². The number of hydrogen-bond acceptors (Lipinski definition) is 4. The molecule has 0 saturated carbocycles. The molecular formula is C14H16N2O3. The number of furan rings is 1. The van der Waals surface area contributed by atoms with Gasteiger partial charge >= 0.3 is 0 Å². The molecule has 2 aromatic rings. The van der Waals surface area contributed by atoms with Crippen LogP contribution in [0.3, 0.4) is 0 Å². The summed E-state index contributed by atoms with van der Waals surface area (Å²) in [4.78, 5) is 10.4. The summed E-state index contributed by atoms with van der Waals surface area (Å²) >= 11 is 0.